The number of carbonyl (C=O) groups is 1. The minimum atomic E-state index is -3.78. The molecule has 7 heteroatoms. The molecule has 2 N–H and O–H groups in total. The van der Waals surface area contributed by atoms with Crippen molar-refractivity contribution < 1.29 is 17.9 Å². The lowest BCUT2D eigenvalue weighted by Crippen LogP contribution is -2.20. The van der Waals surface area contributed by atoms with Crippen molar-refractivity contribution in [1.82, 2.24) is 5.32 Å². The third kappa shape index (κ3) is 4.73. The van der Waals surface area contributed by atoms with Crippen LogP contribution in [0, 0.1) is 0 Å². The second-order valence-corrected chi connectivity index (χ2v) is 7.14. The van der Waals surface area contributed by atoms with Crippen molar-refractivity contribution in [2.45, 2.75) is 24.7 Å². The van der Waals surface area contributed by atoms with Gasteiger partial charge in [0.1, 0.15) is 10.6 Å². The number of aryl methyl sites for hydroxylation is 1. The molecule has 0 bridgehead atoms. The first-order chi connectivity index (χ1) is 11.9. The van der Waals surface area contributed by atoms with Crippen molar-refractivity contribution in [3.05, 3.63) is 53.6 Å². The highest BCUT2D eigenvalue weighted by atomic mass is 32.2. The predicted octanol–water partition coefficient (Wildman–Crippen LogP) is 2.35. The number of hydrogen-bond donors (Lipinski definition) is 2. The average Bonchev–Trinajstić information content (AvgIpc) is 2.62. The van der Waals surface area contributed by atoms with E-state index in [1.807, 2.05) is 13.0 Å². The number of anilines is 1. The highest BCUT2D eigenvalue weighted by molar-refractivity contribution is 7.92. The fourth-order valence-electron chi connectivity index (χ4n) is 2.33. The topological polar surface area (TPSA) is 84.5 Å². The molecule has 2 rings (SSSR count). The number of carbonyl (C=O) groups excluding carboxylic acids is 1. The average molecular weight is 362 g/mol. The number of nitrogens with one attached hydrogen (secondary N) is 2. The number of likely N-dealkylation sites (N-methyl/N-ethyl adjacent to an activating group) is 1. The summed E-state index contributed by atoms with van der Waals surface area (Å²) in [6.45, 7) is 1.96. The van der Waals surface area contributed by atoms with Crippen LogP contribution in [0.3, 0.4) is 0 Å². The van der Waals surface area contributed by atoms with Gasteiger partial charge in [-0.2, -0.15) is 0 Å². The van der Waals surface area contributed by atoms with E-state index in [1.165, 1.54) is 7.11 Å². The van der Waals surface area contributed by atoms with Crippen LogP contribution in [0.1, 0.15) is 18.1 Å². The number of benzene rings is 2. The number of sulfonamides is 1. The van der Waals surface area contributed by atoms with Gasteiger partial charge in [-0.3, -0.25) is 9.52 Å². The Morgan fingerprint density at radius 1 is 1.08 bits per heavy atom. The smallest absolute Gasteiger partial charge is 0.265 e. The normalized spacial score (nSPS) is 11.0. The van der Waals surface area contributed by atoms with Crippen LogP contribution < -0.4 is 14.8 Å². The largest absolute Gasteiger partial charge is 0.495 e. The van der Waals surface area contributed by atoms with Gasteiger partial charge in [0.25, 0.3) is 10.0 Å². The monoisotopic (exact) mass is 362 g/mol. The highest BCUT2D eigenvalue weighted by Crippen LogP contribution is 2.27. The lowest BCUT2D eigenvalue weighted by molar-refractivity contribution is -0.119. The zero-order chi connectivity index (χ0) is 18.4. The maximum atomic E-state index is 12.7. The van der Waals surface area contributed by atoms with Gasteiger partial charge in [-0.05, 0) is 41.8 Å². The van der Waals surface area contributed by atoms with Gasteiger partial charge < -0.3 is 10.1 Å². The minimum absolute atomic E-state index is 0.101. The molecule has 6 nitrogen and oxygen atoms in total. The first-order valence-electron chi connectivity index (χ1n) is 7.89. The van der Waals surface area contributed by atoms with Crippen LogP contribution in [-0.4, -0.2) is 28.5 Å². The Balaban J connectivity index is 2.25. The molecule has 0 unspecified atom stereocenters. The van der Waals surface area contributed by atoms with Crippen molar-refractivity contribution in [2.75, 3.05) is 18.9 Å². The third-order valence-corrected chi connectivity index (χ3v) is 5.18. The lowest BCUT2D eigenvalue weighted by Gasteiger charge is -2.13. The Morgan fingerprint density at radius 2 is 1.72 bits per heavy atom. The summed E-state index contributed by atoms with van der Waals surface area (Å²) in [5.74, 6) is 0.190. The molecular formula is C18H22N2O4S. The van der Waals surface area contributed by atoms with E-state index in [0.717, 1.165) is 17.5 Å². The van der Waals surface area contributed by atoms with Crippen LogP contribution in [-0.2, 0) is 27.7 Å². The molecule has 0 fully saturated rings. The van der Waals surface area contributed by atoms with E-state index in [0.29, 0.717) is 11.4 Å². The summed E-state index contributed by atoms with van der Waals surface area (Å²) in [5, 5.41) is 2.55. The molecule has 1 amide bonds. The van der Waals surface area contributed by atoms with Gasteiger partial charge in [-0.1, -0.05) is 25.1 Å². The van der Waals surface area contributed by atoms with Crippen LogP contribution in [0.5, 0.6) is 5.75 Å². The summed E-state index contributed by atoms with van der Waals surface area (Å²) in [5.41, 5.74) is 2.12. The van der Waals surface area contributed by atoms with E-state index in [9.17, 15) is 13.2 Å². The van der Waals surface area contributed by atoms with Crippen molar-refractivity contribution in [3.8, 4) is 5.75 Å². The fraction of sp³-hybridized carbons (Fsp3) is 0.278. The number of amides is 1. The molecule has 0 aromatic heterocycles. The molecule has 0 aliphatic carbocycles. The van der Waals surface area contributed by atoms with E-state index in [2.05, 4.69) is 10.0 Å². The Bertz CT molecular complexity index is 846. The third-order valence-electron chi connectivity index (χ3n) is 3.78. The molecule has 0 spiro atoms. The number of methoxy groups -OCH3 is 1. The molecule has 2 aromatic carbocycles. The van der Waals surface area contributed by atoms with Gasteiger partial charge in [0.15, 0.2) is 0 Å². The van der Waals surface area contributed by atoms with Gasteiger partial charge >= 0.3 is 0 Å². The Morgan fingerprint density at radius 3 is 2.28 bits per heavy atom. The van der Waals surface area contributed by atoms with Crippen molar-refractivity contribution >= 4 is 21.6 Å². The van der Waals surface area contributed by atoms with Gasteiger partial charge in [-0.15, -0.1) is 0 Å². The maximum Gasteiger partial charge on any atom is 0.265 e. The predicted molar refractivity (Wildman–Crippen MR) is 97.4 cm³/mol. The molecule has 0 radical (unpaired) electrons. The van der Waals surface area contributed by atoms with Crippen LogP contribution in [0.4, 0.5) is 5.69 Å². The quantitative estimate of drug-likeness (QED) is 0.792. The highest BCUT2D eigenvalue weighted by Gasteiger charge is 2.20. The van der Waals surface area contributed by atoms with Crippen molar-refractivity contribution in [3.63, 3.8) is 0 Å². The summed E-state index contributed by atoms with van der Waals surface area (Å²) < 4.78 is 33.1. The molecule has 0 aliphatic heterocycles. The van der Waals surface area contributed by atoms with Gasteiger partial charge in [0, 0.05) is 12.7 Å². The van der Waals surface area contributed by atoms with E-state index in [1.54, 1.807) is 43.4 Å². The summed E-state index contributed by atoms with van der Waals surface area (Å²) in [4.78, 5) is 11.5. The molecule has 25 heavy (non-hydrogen) atoms. The second kappa shape index (κ2) is 8.02. The molecule has 0 heterocycles. The van der Waals surface area contributed by atoms with Crippen LogP contribution in [0.25, 0.3) is 0 Å². The standard InChI is InChI=1S/C18H22N2O4S/c1-4-13-7-10-16(24-3)17(11-13)25(22,23)20-15-8-5-14(6-9-15)12-18(21)19-2/h5-11,20H,4,12H2,1-3H3,(H,19,21). The Labute approximate surface area is 148 Å². The summed E-state index contributed by atoms with van der Waals surface area (Å²) in [6.07, 6.45) is 0.969. The zero-order valence-electron chi connectivity index (χ0n) is 14.5. The van der Waals surface area contributed by atoms with Crippen LogP contribution in [0.2, 0.25) is 0 Å². The van der Waals surface area contributed by atoms with Crippen LogP contribution >= 0.6 is 0 Å². The first-order valence-corrected chi connectivity index (χ1v) is 9.37. The van der Waals surface area contributed by atoms with Crippen molar-refractivity contribution in [1.29, 1.82) is 0 Å². The fourth-order valence-corrected chi connectivity index (χ4v) is 3.60. The molecule has 0 aliphatic rings. The van der Waals surface area contributed by atoms with Crippen LogP contribution in [0.15, 0.2) is 47.4 Å². The molecule has 2 aromatic rings. The summed E-state index contributed by atoms with van der Waals surface area (Å²) in [6, 6.07) is 11.8. The maximum absolute atomic E-state index is 12.7. The molecule has 0 saturated carbocycles. The summed E-state index contributed by atoms with van der Waals surface area (Å²) in [7, 11) is -0.773. The van der Waals surface area contributed by atoms with Gasteiger partial charge in [-0.25, -0.2) is 8.42 Å². The van der Waals surface area contributed by atoms with E-state index in [4.69, 9.17) is 4.74 Å². The van der Waals surface area contributed by atoms with Gasteiger partial charge in [0.2, 0.25) is 5.91 Å². The number of ether oxygens (including phenoxy) is 1. The lowest BCUT2D eigenvalue weighted by atomic mass is 10.1. The van der Waals surface area contributed by atoms with E-state index >= 15 is 0 Å². The number of hydrogen-bond acceptors (Lipinski definition) is 4. The molecule has 134 valence electrons. The molecule has 0 saturated heterocycles. The SMILES string of the molecule is CCc1ccc(OC)c(S(=O)(=O)Nc2ccc(CC(=O)NC)cc2)c1. The minimum Gasteiger partial charge on any atom is -0.495 e. The summed E-state index contributed by atoms with van der Waals surface area (Å²) >= 11 is 0. The number of rotatable bonds is 7. The molecule has 0 atom stereocenters. The Hall–Kier alpha value is -2.54. The van der Waals surface area contributed by atoms with Gasteiger partial charge in [0.05, 0.1) is 13.5 Å². The zero-order valence-corrected chi connectivity index (χ0v) is 15.3. The first kappa shape index (κ1) is 18.8. The van der Waals surface area contributed by atoms with E-state index in [-0.39, 0.29) is 17.2 Å². The molecular weight excluding hydrogens is 340 g/mol. The Kier molecular flexibility index (Phi) is 6.03. The van der Waals surface area contributed by atoms with Crippen molar-refractivity contribution in [2.24, 2.45) is 0 Å². The second-order valence-electron chi connectivity index (χ2n) is 5.49. The van der Waals surface area contributed by atoms with E-state index < -0.39 is 10.0 Å².